The van der Waals surface area contributed by atoms with Crippen molar-refractivity contribution >= 4 is 22.9 Å². The molecule has 0 spiro atoms. The molecule has 0 aliphatic heterocycles. The largest absolute Gasteiger partial charge is 0.492 e. The third kappa shape index (κ3) is 4.23. The van der Waals surface area contributed by atoms with Crippen molar-refractivity contribution in [2.24, 2.45) is 0 Å². The summed E-state index contributed by atoms with van der Waals surface area (Å²) >= 11 is 7.86. The molecule has 1 N–H and O–H groups in total. The second kappa shape index (κ2) is 7.67. The van der Waals surface area contributed by atoms with E-state index < -0.39 is 0 Å². The number of hydrogen-bond acceptors (Lipinski definition) is 3. The van der Waals surface area contributed by atoms with Crippen molar-refractivity contribution in [2.45, 2.75) is 26.3 Å². The van der Waals surface area contributed by atoms with Crippen LogP contribution in [-0.4, -0.2) is 13.2 Å². The highest BCUT2D eigenvalue weighted by Crippen LogP contribution is 2.22. The van der Waals surface area contributed by atoms with E-state index in [1.54, 1.807) is 11.3 Å². The summed E-state index contributed by atoms with van der Waals surface area (Å²) in [4.78, 5) is 1.35. The average Bonchev–Trinajstić information content (AvgIpc) is 2.99. The van der Waals surface area contributed by atoms with Crippen LogP contribution in [0.3, 0.4) is 0 Å². The second-order valence-electron chi connectivity index (χ2n) is 4.65. The van der Waals surface area contributed by atoms with E-state index in [9.17, 15) is 0 Å². The fraction of sp³-hybridized carbons (Fsp3) is 0.375. The van der Waals surface area contributed by atoms with Crippen LogP contribution in [-0.2, 0) is 6.42 Å². The minimum absolute atomic E-state index is 0.370. The molecule has 0 saturated carbocycles. The molecule has 1 aromatic carbocycles. The van der Waals surface area contributed by atoms with Gasteiger partial charge in [-0.05, 0) is 48.6 Å². The second-order valence-corrected chi connectivity index (χ2v) is 6.03. The lowest BCUT2D eigenvalue weighted by molar-refractivity contribution is 0.308. The highest BCUT2D eigenvalue weighted by molar-refractivity contribution is 7.10. The monoisotopic (exact) mass is 309 g/mol. The molecule has 108 valence electrons. The Morgan fingerprint density at radius 3 is 2.90 bits per heavy atom. The van der Waals surface area contributed by atoms with E-state index in [4.69, 9.17) is 16.3 Å². The molecule has 2 nitrogen and oxygen atoms in total. The molecular formula is C16H20ClNOS. The van der Waals surface area contributed by atoms with Gasteiger partial charge in [0.15, 0.2) is 0 Å². The first-order valence-corrected chi connectivity index (χ1v) is 8.14. The highest BCUT2D eigenvalue weighted by Gasteiger charge is 2.05. The summed E-state index contributed by atoms with van der Waals surface area (Å²) in [6.45, 7) is 5.74. The van der Waals surface area contributed by atoms with E-state index in [0.717, 1.165) is 29.3 Å². The van der Waals surface area contributed by atoms with Crippen molar-refractivity contribution in [3.63, 3.8) is 0 Å². The molecule has 2 rings (SSSR count). The molecule has 0 aliphatic rings. The van der Waals surface area contributed by atoms with E-state index in [2.05, 4.69) is 36.7 Å². The van der Waals surface area contributed by atoms with Gasteiger partial charge in [0.05, 0.1) is 0 Å². The smallest absolute Gasteiger partial charge is 0.119 e. The van der Waals surface area contributed by atoms with E-state index in [0.29, 0.717) is 12.6 Å². The SMILES string of the molecule is CCc1cc(OCCNC(C)c2cccs2)ccc1Cl. The maximum atomic E-state index is 6.09. The Bertz CT molecular complexity index is 527. The number of rotatable bonds is 7. The summed E-state index contributed by atoms with van der Waals surface area (Å²) in [5.74, 6) is 0.886. The number of thiophene rings is 1. The molecule has 1 heterocycles. The van der Waals surface area contributed by atoms with Crippen LogP contribution in [0, 0.1) is 0 Å². The van der Waals surface area contributed by atoms with Gasteiger partial charge in [0, 0.05) is 22.5 Å². The molecule has 0 bridgehead atoms. The van der Waals surface area contributed by atoms with E-state index in [-0.39, 0.29) is 0 Å². The van der Waals surface area contributed by atoms with Crippen LogP contribution in [0.4, 0.5) is 0 Å². The van der Waals surface area contributed by atoms with Gasteiger partial charge in [-0.2, -0.15) is 0 Å². The third-order valence-electron chi connectivity index (χ3n) is 3.19. The fourth-order valence-corrected chi connectivity index (χ4v) is 3.00. The Hall–Kier alpha value is -1.03. The normalized spacial score (nSPS) is 12.3. The lowest BCUT2D eigenvalue weighted by atomic mass is 10.1. The Labute approximate surface area is 129 Å². The van der Waals surface area contributed by atoms with Crippen molar-refractivity contribution < 1.29 is 4.74 Å². The first-order chi connectivity index (χ1) is 9.70. The van der Waals surface area contributed by atoms with Gasteiger partial charge in [0.25, 0.3) is 0 Å². The van der Waals surface area contributed by atoms with Crippen LogP contribution >= 0.6 is 22.9 Å². The molecule has 0 aliphatic carbocycles. The third-order valence-corrected chi connectivity index (χ3v) is 4.61. The minimum atomic E-state index is 0.370. The molecule has 20 heavy (non-hydrogen) atoms. The Morgan fingerprint density at radius 2 is 2.20 bits per heavy atom. The van der Waals surface area contributed by atoms with Crippen molar-refractivity contribution in [3.05, 3.63) is 51.2 Å². The van der Waals surface area contributed by atoms with Gasteiger partial charge in [-0.15, -0.1) is 11.3 Å². The van der Waals surface area contributed by atoms with Crippen LogP contribution in [0.1, 0.15) is 30.3 Å². The van der Waals surface area contributed by atoms with Crippen molar-refractivity contribution in [2.75, 3.05) is 13.2 Å². The lowest BCUT2D eigenvalue weighted by Gasteiger charge is -2.13. The van der Waals surface area contributed by atoms with E-state index >= 15 is 0 Å². The molecule has 0 amide bonds. The zero-order valence-electron chi connectivity index (χ0n) is 11.9. The van der Waals surface area contributed by atoms with Crippen LogP contribution in [0.15, 0.2) is 35.7 Å². The number of hydrogen-bond donors (Lipinski definition) is 1. The molecule has 4 heteroatoms. The van der Waals surface area contributed by atoms with Gasteiger partial charge in [-0.1, -0.05) is 24.6 Å². The number of halogens is 1. The average molecular weight is 310 g/mol. The van der Waals surface area contributed by atoms with Crippen molar-refractivity contribution in [3.8, 4) is 5.75 Å². The Kier molecular flexibility index (Phi) is 5.89. The molecule has 1 aromatic heterocycles. The molecule has 1 atom stereocenters. The Morgan fingerprint density at radius 1 is 1.35 bits per heavy atom. The standard InChI is InChI=1S/C16H20ClNOS/c1-3-13-11-14(6-7-15(13)17)19-9-8-18-12(2)16-5-4-10-20-16/h4-7,10-12,18H,3,8-9H2,1-2H3. The van der Waals surface area contributed by atoms with Crippen molar-refractivity contribution in [1.82, 2.24) is 5.32 Å². The molecule has 1 unspecified atom stereocenters. The maximum absolute atomic E-state index is 6.09. The molecular weight excluding hydrogens is 290 g/mol. The van der Waals surface area contributed by atoms with Crippen LogP contribution in [0.5, 0.6) is 5.75 Å². The topological polar surface area (TPSA) is 21.3 Å². The summed E-state index contributed by atoms with van der Waals surface area (Å²) in [5.41, 5.74) is 1.13. The summed E-state index contributed by atoms with van der Waals surface area (Å²) in [6.07, 6.45) is 0.920. The summed E-state index contributed by atoms with van der Waals surface area (Å²) in [7, 11) is 0. The van der Waals surface area contributed by atoms with Gasteiger partial charge in [-0.3, -0.25) is 0 Å². The molecule has 0 saturated heterocycles. The van der Waals surface area contributed by atoms with E-state index in [1.807, 2.05) is 18.2 Å². The predicted octanol–water partition coefficient (Wildman–Crippen LogP) is 4.69. The number of ether oxygens (including phenoxy) is 1. The highest BCUT2D eigenvalue weighted by atomic mass is 35.5. The summed E-state index contributed by atoms with van der Waals surface area (Å²) < 4.78 is 5.75. The summed E-state index contributed by atoms with van der Waals surface area (Å²) in [5, 5.41) is 6.37. The lowest BCUT2D eigenvalue weighted by Crippen LogP contribution is -2.23. The number of nitrogens with one attached hydrogen (secondary N) is 1. The molecule has 0 fully saturated rings. The minimum Gasteiger partial charge on any atom is -0.492 e. The zero-order valence-corrected chi connectivity index (χ0v) is 13.4. The van der Waals surface area contributed by atoms with Gasteiger partial charge >= 0.3 is 0 Å². The van der Waals surface area contributed by atoms with Gasteiger partial charge in [0.2, 0.25) is 0 Å². The van der Waals surface area contributed by atoms with Crippen LogP contribution < -0.4 is 10.1 Å². The number of benzene rings is 1. The van der Waals surface area contributed by atoms with E-state index in [1.165, 1.54) is 4.88 Å². The van der Waals surface area contributed by atoms with Gasteiger partial charge < -0.3 is 10.1 Å². The van der Waals surface area contributed by atoms with Crippen LogP contribution in [0.2, 0.25) is 5.02 Å². The fourth-order valence-electron chi connectivity index (χ4n) is 1.99. The van der Waals surface area contributed by atoms with Gasteiger partial charge in [0.1, 0.15) is 12.4 Å². The Balaban J connectivity index is 1.76. The molecule has 0 radical (unpaired) electrons. The van der Waals surface area contributed by atoms with Gasteiger partial charge in [-0.25, -0.2) is 0 Å². The maximum Gasteiger partial charge on any atom is 0.119 e. The van der Waals surface area contributed by atoms with Crippen LogP contribution in [0.25, 0.3) is 0 Å². The molecule has 2 aromatic rings. The quantitative estimate of drug-likeness (QED) is 0.749. The first-order valence-electron chi connectivity index (χ1n) is 6.88. The summed E-state index contributed by atoms with van der Waals surface area (Å²) in [6, 6.07) is 10.4. The predicted molar refractivity (Wildman–Crippen MR) is 87.1 cm³/mol. The zero-order chi connectivity index (χ0) is 14.4. The number of aryl methyl sites for hydroxylation is 1. The van der Waals surface area contributed by atoms with Crippen molar-refractivity contribution in [1.29, 1.82) is 0 Å². The first kappa shape index (κ1) is 15.4.